The number of oxazole rings is 1. The molecule has 9 nitrogen and oxygen atoms in total. The molecule has 2 fully saturated rings. The monoisotopic (exact) mass is 468 g/mol. The van der Waals surface area contributed by atoms with Gasteiger partial charge >= 0.3 is 0 Å². The zero-order chi connectivity index (χ0) is 22.8. The summed E-state index contributed by atoms with van der Waals surface area (Å²) >= 11 is 0. The van der Waals surface area contributed by atoms with Gasteiger partial charge in [-0.15, -0.1) is 0 Å². The molecule has 0 aliphatic carbocycles. The van der Waals surface area contributed by atoms with Crippen molar-refractivity contribution >= 4 is 21.8 Å². The first-order valence-corrected chi connectivity index (χ1v) is 12.8. The molecule has 2 aliphatic heterocycles. The molecule has 2 aliphatic rings. The summed E-state index contributed by atoms with van der Waals surface area (Å²) < 4.78 is 33.2. The van der Waals surface area contributed by atoms with E-state index in [0.717, 1.165) is 30.4 Å². The first-order chi connectivity index (χ1) is 16.0. The van der Waals surface area contributed by atoms with Gasteiger partial charge in [0.15, 0.2) is 5.89 Å². The van der Waals surface area contributed by atoms with Crippen molar-refractivity contribution < 1.29 is 12.8 Å². The van der Waals surface area contributed by atoms with E-state index in [0.29, 0.717) is 37.8 Å². The Morgan fingerprint density at radius 2 is 1.58 bits per heavy atom. The fourth-order valence-electron chi connectivity index (χ4n) is 4.36. The molecule has 174 valence electrons. The van der Waals surface area contributed by atoms with Crippen molar-refractivity contribution in [3.63, 3.8) is 0 Å². The number of sulfonamides is 1. The topological polar surface area (TPSA) is 95.7 Å². The fourth-order valence-corrected chi connectivity index (χ4v) is 5.78. The van der Waals surface area contributed by atoms with Crippen LogP contribution in [-0.2, 0) is 10.0 Å². The largest absolute Gasteiger partial charge is 0.449 e. The fraction of sp³-hybridized carbons (Fsp3) is 0.435. The molecule has 0 amide bonds. The van der Waals surface area contributed by atoms with Gasteiger partial charge in [-0.05, 0) is 37.5 Å². The molecule has 5 rings (SSSR count). The van der Waals surface area contributed by atoms with Crippen molar-refractivity contribution in [3.05, 3.63) is 48.7 Å². The van der Waals surface area contributed by atoms with Crippen LogP contribution < -0.4 is 9.80 Å². The van der Waals surface area contributed by atoms with Gasteiger partial charge in [0.05, 0.1) is 4.90 Å². The Hall–Kier alpha value is -2.98. The van der Waals surface area contributed by atoms with Gasteiger partial charge in [0, 0.05) is 58.0 Å². The van der Waals surface area contributed by atoms with Gasteiger partial charge in [-0.1, -0.05) is 12.1 Å². The van der Waals surface area contributed by atoms with Crippen molar-refractivity contribution in [2.45, 2.75) is 31.1 Å². The summed E-state index contributed by atoms with van der Waals surface area (Å²) in [4.78, 5) is 18.2. The van der Waals surface area contributed by atoms with Crippen LogP contribution in [0.25, 0.3) is 11.3 Å². The average Bonchev–Trinajstić information content (AvgIpc) is 3.31. The normalized spacial score (nSPS) is 18.0. The lowest BCUT2D eigenvalue weighted by Crippen LogP contribution is -2.49. The summed E-state index contributed by atoms with van der Waals surface area (Å²) in [5.41, 5.74) is 1.52. The predicted octanol–water partition coefficient (Wildman–Crippen LogP) is 2.94. The van der Waals surface area contributed by atoms with Gasteiger partial charge in [0.2, 0.25) is 16.0 Å². The van der Waals surface area contributed by atoms with Crippen LogP contribution in [0.15, 0.2) is 52.1 Å². The van der Waals surface area contributed by atoms with Crippen LogP contribution in [0.3, 0.4) is 0 Å². The van der Waals surface area contributed by atoms with E-state index in [2.05, 4.69) is 19.8 Å². The van der Waals surface area contributed by atoms with E-state index < -0.39 is 10.0 Å². The Morgan fingerprint density at radius 1 is 0.848 bits per heavy atom. The number of aromatic nitrogens is 3. The van der Waals surface area contributed by atoms with E-state index in [1.807, 2.05) is 6.07 Å². The predicted molar refractivity (Wildman–Crippen MR) is 126 cm³/mol. The molecule has 0 radical (unpaired) electrons. The Balaban J connectivity index is 1.25. The van der Waals surface area contributed by atoms with Gasteiger partial charge in [0.1, 0.15) is 17.8 Å². The molecule has 0 spiro atoms. The maximum absolute atomic E-state index is 13.2. The van der Waals surface area contributed by atoms with Gasteiger partial charge in [-0.3, -0.25) is 0 Å². The van der Waals surface area contributed by atoms with Crippen LogP contribution in [0.2, 0.25) is 0 Å². The molecule has 0 N–H and O–H groups in total. The SMILES string of the molecule is Cc1nc(-c2ccc(S(=O)(=O)N3CCN(c4ccnc(N5CCCCC5)n4)CC3)cc2)co1. The van der Waals surface area contributed by atoms with E-state index in [-0.39, 0.29) is 4.90 Å². The van der Waals surface area contributed by atoms with Gasteiger partial charge in [0.25, 0.3) is 0 Å². The Bertz CT molecular complexity index is 1200. The van der Waals surface area contributed by atoms with Crippen LogP contribution in [0, 0.1) is 6.92 Å². The highest BCUT2D eigenvalue weighted by Gasteiger charge is 2.29. The van der Waals surface area contributed by atoms with Crippen molar-refractivity contribution in [1.82, 2.24) is 19.3 Å². The first kappa shape index (κ1) is 21.8. The molecular formula is C23H28N6O3S. The molecule has 2 saturated heterocycles. The molecule has 0 atom stereocenters. The molecule has 3 aromatic rings. The second kappa shape index (κ2) is 9.11. The maximum Gasteiger partial charge on any atom is 0.243 e. The molecule has 0 unspecified atom stereocenters. The van der Waals surface area contributed by atoms with Crippen molar-refractivity contribution in [3.8, 4) is 11.3 Å². The van der Waals surface area contributed by atoms with Crippen LogP contribution in [0.1, 0.15) is 25.2 Å². The third-order valence-electron chi connectivity index (χ3n) is 6.24. The summed E-state index contributed by atoms with van der Waals surface area (Å²) in [6, 6.07) is 8.71. The van der Waals surface area contributed by atoms with Crippen LogP contribution >= 0.6 is 0 Å². The van der Waals surface area contributed by atoms with E-state index in [9.17, 15) is 8.42 Å². The zero-order valence-corrected chi connectivity index (χ0v) is 19.5. The van der Waals surface area contributed by atoms with Crippen molar-refractivity contribution in [2.75, 3.05) is 49.1 Å². The minimum Gasteiger partial charge on any atom is -0.449 e. The number of anilines is 2. The molecule has 1 aromatic carbocycles. The number of piperazine rings is 1. The number of rotatable bonds is 5. The van der Waals surface area contributed by atoms with Crippen LogP contribution in [0.5, 0.6) is 0 Å². The molecular weight excluding hydrogens is 440 g/mol. The highest BCUT2D eigenvalue weighted by Crippen LogP contribution is 2.25. The van der Waals surface area contributed by atoms with E-state index >= 15 is 0 Å². The van der Waals surface area contributed by atoms with E-state index in [1.165, 1.54) is 19.3 Å². The van der Waals surface area contributed by atoms with Gasteiger partial charge in [-0.2, -0.15) is 9.29 Å². The lowest BCUT2D eigenvalue weighted by molar-refractivity contribution is 0.383. The molecule has 10 heteroatoms. The molecule has 4 heterocycles. The van der Waals surface area contributed by atoms with E-state index in [4.69, 9.17) is 9.40 Å². The second-order valence-electron chi connectivity index (χ2n) is 8.43. The summed E-state index contributed by atoms with van der Waals surface area (Å²) in [5, 5.41) is 0. The second-order valence-corrected chi connectivity index (χ2v) is 10.4. The van der Waals surface area contributed by atoms with Crippen molar-refractivity contribution in [2.24, 2.45) is 0 Å². The summed E-state index contributed by atoms with van der Waals surface area (Å²) in [5.74, 6) is 2.20. The Labute approximate surface area is 194 Å². The maximum atomic E-state index is 13.2. The lowest BCUT2D eigenvalue weighted by atomic mass is 10.1. The Kier molecular flexibility index (Phi) is 6.03. The minimum atomic E-state index is -3.56. The highest BCUT2D eigenvalue weighted by molar-refractivity contribution is 7.89. The summed E-state index contributed by atoms with van der Waals surface area (Å²) in [6.07, 6.45) is 6.97. The minimum absolute atomic E-state index is 0.286. The van der Waals surface area contributed by atoms with Crippen LogP contribution in [-0.4, -0.2) is 66.9 Å². The zero-order valence-electron chi connectivity index (χ0n) is 18.7. The molecule has 0 bridgehead atoms. The quantitative estimate of drug-likeness (QED) is 0.564. The molecule has 2 aromatic heterocycles. The molecule has 0 saturated carbocycles. The summed E-state index contributed by atoms with van der Waals surface area (Å²) in [7, 11) is -3.56. The van der Waals surface area contributed by atoms with Crippen molar-refractivity contribution in [1.29, 1.82) is 0 Å². The number of hydrogen-bond donors (Lipinski definition) is 0. The smallest absolute Gasteiger partial charge is 0.243 e. The average molecular weight is 469 g/mol. The summed E-state index contributed by atoms with van der Waals surface area (Å²) in [6.45, 7) is 5.76. The third-order valence-corrected chi connectivity index (χ3v) is 8.15. The van der Waals surface area contributed by atoms with Crippen LogP contribution in [0.4, 0.5) is 11.8 Å². The number of nitrogens with zero attached hydrogens (tertiary/aromatic N) is 6. The number of benzene rings is 1. The number of piperidine rings is 1. The highest BCUT2D eigenvalue weighted by atomic mass is 32.2. The van der Waals surface area contributed by atoms with E-state index in [1.54, 1.807) is 48.0 Å². The first-order valence-electron chi connectivity index (χ1n) is 11.4. The van der Waals surface area contributed by atoms with Gasteiger partial charge < -0.3 is 14.2 Å². The third kappa shape index (κ3) is 4.58. The Morgan fingerprint density at radius 3 is 2.24 bits per heavy atom. The lowest BCUT2D eigenvalue weighted by Gasteiger charge is -2.35. The number of aryl methyl sites for hydroxylation is 1. The standard InChI is InChI=1S/C23H28N6O3S/c1-18-25-21(17-32-18)19-5-7-20(8-6-19)33(30,31)29-15-13-27(14-16-29)22-9-10-24-23(26-22)28-11-3-2-4-12-28/h5-10,17H,2-4,11-16H2,1H3. The molecule has 33 heavy (non-hydrogen) atoms. The van der Waals surface area contributed by atoms with Gasteiger partial charge in [-0.25, -0.2) is 18.4 Å². The number of hydrogen-bond acceptors (Lipinski definition) is 8.